The number of rotatable bonds is 8. The van der Waals surface area contributed by atoms with Crippen LogP contribution >= 0.6 is 15.4 Å². The van der Waals surface area contributed by atoms with Crippen LogP contribution in [0.3, 0.4) is 0 Å². The van der Waals surface area contributed by atoms with Gasteiger partial charge < -0.3 is 9.79 Å². The highest BCUT2D eigenvalue weighted by Crippen LogP contribution is 2.48. The van der Waals surface area contributed by atoms with Gasteiger partial charge in [0.15, 0.2) is 8.03 Å². The number of nitrogens with zero attached hydrogens (tertiary/aromatic N) is 1. The molecule has 2 N–H and O–H groups in total. The summed E-state index contributed by atoms with van der Waals surface area (Å²) >= 11 is 0. The van der Waals surface area contributed by atoms with Gasteiger partial charge in [0, 0.05) is 13.1 Å². The van der Waals surface area contributed by atoms with Crippen LogP contribution in [0.15, 0.2) is 60.7 Å². The first-order valence-corrected chi connectivity index (χ1v) is 10.9. The van der Waals surface area contributed by atoms with E-state index in [-0.39, 0.29) is 6.29 Å². The molecule has 0 saturated heterocycles. The molecule has 0 heterocycles. The third kappa shape index (κ3) is 6.82. The van der Waals surface area contributed by atoms with E-state index >= 15 is 0 Å². The molecular weight excluding hydrogens is 332 g/mol. The van der Waals surface area contributed by atoms with Gasteiger partial charge >= 0.3 is 0 Å². The third-order valence-electron chi connectivity index (χ3n) is 3.30. The second-order valence-electron chi connectivity index (χ2n) is 5.50. The van der Waals surface area contributed by atoms with Crippen LogP contribution < -0.4 is 0 Å². The summed E-state index contributed by atoms with van der Waals surface area (Å²) in [6, 6.07) is 19.3. The van der Waals surface area contributed by atoms with Gasteiger partial charge in [-0.3, -0.25) is 14.0 Å². The fourth-order valence-corrected chi connectivity index (χ4v) is 5.33. The molecule has 0 aromatic heterocycles. The smallest absolute Gasteiger partial charge is 0.223 e. The van der Waals surface area contributed by atoms with Gasteiger partial charge in [-0.25, -0.2) is 0 Å². The average molecular weight is 353 g/mol. The van der Waals surface area contributed by atoms with E-state index in [1.165, 1.54) is 0 Å². The standard InChI is InChI=1S/C16H21NO4P2/c18-22(19)14-23(20,21)13-17(11-15-7-3-1-4-8-15)12-16-9-5-2-6-10-16/h1-10,22H,11-14H2,(H,18,19)(H,20,21). The Labute approximate surface area is 136 Å². The molecule has 0 aliphatic rings. The predicted octanol–water partition coefficient (Wildman–Crippen LogP) is 3.34. The molecular formula is C16H21NO4P2. The molecule has 2 rings (SSSR count). The summed E-state index contributed by atoms with van der Waals surface area (Å²) in [5.74, 6) is -0.530. The zero-order chi connectivity index (χ0) is 16.7. The van der Waals surface area contributed by atoms with Crippen LogP contribution in [0.1, 0.15) is 11.1 Å². The Balaban J connectivity index is 2.13. The van der Waals surface area contributed by atoms with Gasteiger partial charge in [-0.15, -0.1) is 0 Å². The van der Waals surface area contributed by atoms with Crippen LogP contribution in [-0.4, -0.2) is 26.9 Å². The van der Waals surface area contributed by atoms with Gasteiger partial charge in [0.25, 0.3) is 0 Å². The predicted molar refractivity (Wildman–Crippen MR) is 92.9 cm³/mol. The summed E-state index contributed by atoms with van der Waals surface area (Å²) in [6.07, 6.45) is -0.103. The lowest BCUT2D eigenvalue weighted by Gasteiger charge is -2.25. The van der Waals surface area contributed by atoms with Gasteiger partial charge in [0.2, 0.25) is 7.37 Å². The van der Waals surface area contributed by atoms with Crippen LogP contribution in [0.5, 0.6) is 0 Å². The number of hydrogen-bond acceptors (Lipinski definition) is 3. The van der Waals surface area contributed by atoms with Crippen molar-refractivity contribution in [3.8, 4) is 0 Å². The lowest BCUT2D eigenvalue weighted by atomic mass is 10.2. The van der Waals surface area contributed by atoms with Crippen molar-refractivity contribution in [2.24, 2.45) is 0 Å². The number of benzene rings is 2. The normalized spacial score (nSPS) is 15.3. The quantitative estimate of drug-likeness (QED) is 0.712. The maximum absolute atomic E-state index is 12.2. The van der Waals surface area contributed by atoms with Crippen LogP contribution in [0.2, 0.25) is 0 Å². The van der Waals surface area contributed by atoms with Gasteiger partial charge in [-0.1, -0.05) is 60.7 Å². The Bertz CT molecular complexity index is 637. The fourth-order valence-electron chi connectivity index (χ4n) is 2.41. The minimum Gasteiger partial charge on any atom is -0.346 e. The molecule has 0 aliphatic heterocycles. The zero-order valence-electron chi connectivity index (χ0n) is 12.7. The molecule has 0 bridgehead atoms. The van der Waals surface area contributed by atoms with Crippen molar-refractivity contribution >= 4 is 15.4 Å². The highest BCUT2D eigenvalue weighted by atomic mass is 31.2. The second-order valence-corrected chi connectivity index (χ2v) is 9.53. The van der Waals surface area contributed by atoms with E-state index < -0.39 is 21.3 Å². The molecule has 0 aliphatic carbocycles. The van der Waals surface area contributed by atoms with E-state index in [1.54, 1.807) is 0 Å². The maximum Gasteiger partial charge on any atom is 0.223 e. The van der Waals surface area contributed by atoms with Crippen molar-refractivity contribution < 1.29 is 18.9 Å². The van der Waals surface area contributed by atoms with Crippen LogP contribution in [0, 0.1) is 0 Å². The summed E-state index contributed by atoms with van der Waals surface area (Å²) in [5.41, 5.74) is 2.06. The first kappa shape index (κ1) is 18.1. The maximum atomic E-state index is 12.2. The molecule has 2 atom stereocenters. The third-order valence-corrected chi connectivity index (χ3v) is 7.20. The van der Waals surface area contributed by atoms with E-state index in [0.717, 1.165) is 11.1 Å². The summed E-state index contributed by atoms with van der Waals surface area (Å²) in [6.45, 7) is 1.01. The van der Waals surface area contributed by atoms with Gasteiger partial charge in [0.1, 0.15) is 5.90 Å². The van der Waals surface area contributed by atoms with Crippen LogP contribution in [0.25, 0.3) is 0 Å². The lowest BCUT2D eigenvalue weighted by molar-refractivity contribution is 0.286. The van der Waals surface area contributed by atoms with E-state index in [2.05, 4.69) is 0 Å². The average Bonchev–Trinajstić information content (AvgIpc) is 2.47. The van der Waals surface area contributed by atoms with Crippen molar-refractivity contribution in [2.75, 3.05) is 12.2 Å². The Morgan fingerprint density at radius 3 is 1.74 bits per heavy atom. The van der Waals surface area contributed by atoms with Gasteiger partial charge in [0.05, 0.1) is 6.29 Å². The Morgan fingerprint density at radius 2 is 1.35 bits per heavy atom. The molecule has 7 heteroatoms. The lowest BCUT2D eigenvalue weighted by Crippen LogP contribution is -2.24. The Hall–Kier alpha value is -1.22. The monoisotopic (exact) mass is 353 g/mol. The van der Waals surface area contributed by atoms with E-state index in [0.29, 0.717) is 13.1 Å². The highest BCUT2D eigenvalue weighted by molar-refractivity contribution is 7.68. The van der Waals surface area contributed by atoms with Crippen molar-refractivity contribution in [1.82, 2.24) is 4.90 Å². The Morgan fingerprint density at radius 1 is 0.913 bits per heavy atom. The zero-order valence-corrected chi connectivity index (χ0v) is 14.6. The molecule has 0 saturated carbocycles. The first-order valence-electron chi connectivity index (χ1n) is 7.27. The largest absolute Gasteiger partial charge is 0.346 e. The molecule has 0 radical (unpaired) electrons. The van der Waals surface area contributed by atoms with Gasteiger partial charge in [-0.05, 0) is 11.1 Å². The fraction of sp³-hybridized carbons (Fsp3) is 0.250. The molecule has 2 aromatic carbocycles. The molecule has 2 aromatic rings. The van der Waals surface area contributed by atoms with Crippen LogP contribution in [-0.2, 0) is 22.2 Å². The minimum atomic E-state index is -3.67. The first-order chi connectivity index (χ1) is 10.9. The van der Waals surface area contributed by atoms with E-state index in [4.69, 9.17) is 4.89 Å². The van der Waals surface area contributed by atoms with Crippen molar-refractivity contribution in [1.29, 1.82) is 0 Å². The van der Waals surface area contributed by atoms with Crippen molar-refractivity contribution in [2.45, 2.75) is 13.1 Å². The molecule has 0 spiro atoms. The molecule has 0 fully saturated rings. The molecule has 124 valence electrons. The SMILES string of the molecule is O=[PH](O)CP(=O)(O)CN(Cc1ccccc1)Cc1ccccc1. The number of hydrogen-bond donors (Lipinski definition) is 2. The summed E-state index contributed by atoms with van der Waals surface area (Å²) < 4.78 is 23.1. The second kappa shape index (κ2) is 8.58. The molecule has 0 amide bonds. The van der Waals surface area contributed by atoms with Crippen molar-refractivity contribution in [3.63, 3.8) is 0 Å². The van der Waals surface area contributed by atoms with Gasteiger partial charge in [-0.2, -0.15) is 0 Å². The highest BCUT2D eigenvalue weighted by Gasteiger charge is 2.24. The van der Waals surface area contributed by atoms with Crippen molar-refractivity contribution in [3.05, 3.63) is 71.8 Å². The van der Waals surface area contributed by atoms with E-state index in [1.807, 2.05) is 65.6 Å². The summed E-state index contributed by atoms with van der Waals surface area (Å²) in [4.78, 5) is 20.8. The van der Waals surface area contributed by atoms with E-state index in [9.17, 15) is 14.0 Å². The molecule has 2 unspecified atom stereocenters. The van der Waals surface area contributed by atoms with Crippen LogP contribution in [0.4, 0.5) is 0 Å². The Kier molecular flexibility index (Phi) is 6.76. The summed E-state index contributed by atoms with van der Waals surface area (Å²) in [7, 11) is -6.64. The minimum absolute atomic E-state index is 0.103. The summed E-state index contributed by atoms with van der Waals surface area (Å²) in [5, 5.41) is 0. The topological polar surface area (TPSA) is 77.8 Å². The molecule has 5 nitrogen and oxygen atoms in total. The molecule has 23 heavy (non-hydrogen) atoms.